The Labute approximate surface area is 262 Å². The minimum atomic E-state index is 0.0250. The average molecular weight is 583 g/mol. The number of fused-ring (bicyclic) bond motifs is 1. The minimum absolute atomic E-state index is 0.0250. The predicted molar refractivity (Wildman–Crippen MR) is 188 cm³/mol. The first kappa shape index (κ1) is 40.7. The molecule has 43 heavy (non-hydrogen) atoms. The quantitative estimate of drug-likeness (QED) is 0.158. The zero-order valence-electron chi connectivity index (χ0n) is 28.7. The Kier molecular flexibility index (Phi) is 22.9. The monoisotopic (exact) mass is 582 g/mol. The number of hydrogen-bond donors (Lipinski definition) is 0. The number of aromatic nitrogens is 3. The second kappa shape index (κ2) is 24.2. The highest BCUT2D eigenvalue weighted by Gasteiger charge is 2.02. The number of benzene rings is 1. The normalized spacial score (nSPS) is 10.5. The van der Waals surface area contributed by atoms with Crippen LogP contribution in [0.3, 0.4) is 0 Å². The van der Waals surface area contributed by atoms with Gasteiger partial charge in [0.1, 0.15) is 5.69 Å². The number of imidazole rings is 1. The largest absolute Gasteiger partial charge is 0.351 e. The van der Waals surface area contributed by atoms with E-state index in [0.717, 1.165) is 29.0 Å². The first-order valence-corrected chi connectivity index (χ1v) is 15.1. The van der Waals surface area contributed by atoms with Crippen LogP contribution < -0.4 is 0 Å². The van der Waals surface area contributed by atoms with Crippen LogP contribution >= 0.6 is 0 Å². The molecular weight excluding hydrogens is 528 g/mol. The van der Waals surface area contributed by atoms with Crippen LogP contribution in [0.4, 0.5) is 0 Å². The molecule has 232 valence electrons. The molecule has 2 heterocycles. The SMILES string of the molecule is C=C/C(C)=C(C#Cc1cnc2cnccn12)\C=C(/C)C(C)=O.C=CN(/C=C\C)Cc1ccc(C)cc1C.CC.CC.CC. The van der Waals surface area contributed by atoms with Crippen LogP contribution in [0.2, 0.25) is 0 Å². The molecule has 0 N–H and O–H groups in total. The van der Waals surface area contributed by atoms with Gasteiger partial charge in [-0.1, -0.05) is 96.5 Å². The Hall–Kier alpha value is -4.43. The smallest absolute Gasteiger partial charge is 0.156 e. The number of Topliss-reactive ketones (excluding diaryl/α,β-unsaturated/α-hetero) is 1. The van der Waals surface area contributed by atoms with Crippen LogP contribution in [-0.4, -0.2) is 25.1 Å². The Morgan fingerprint density at radius 1 is 1.02 bits per heavy atom. The molecule has 0 spiro atoms. The number of carbonyl (C=O) groups is 1. The van der Waals surface area contributed by atoms with Crippen LogP contribution in [-0.2, 0) is 11.3 Å². The van der Waals surface area contributed by atoms with Gasteiger partial charge in [0.2, 0.25) is 0 Å². The third kappa shape index (κ3) is 14.9. The summed E-state index contributed by atoms with van der Waals surface area (Å²) in [5, 5.41) is 0. The van der Waals surface area contributed by atoms with E-state index in [1.165, 1.54) is 23.6 Å². The second-order valence-corrected chi connectivity index (χ2v) is 8.65. The summed E-state index contributed by atoms with van der Waals surface area (Å²) in [7, 11) is 0. The first-order chi connectivity index (χ1) is 20.7. The summed E-state index contributed by atoms with van der Waals surface area (Å²) in [6, 6.07) is 6.55. The zero-order valence-corrected chi connectivity index (χ0v) is 28.7. The summed E-state index contributed by atoms with van der Waals surface area (Å²) in [4.78, 5) is 21.8. The number of hydrogen-bond acceptors (Lipinski definition) is 4. The molecule has 0 saturated heterocycles. The van der Waals surface area contributed by atoms with Gasteiger partial charge in [-0.25, -0.2) is 4.98 Å². The van der Waals surface area contributed by atoms with E-state index < -0.39 is 0 Å². The summed E-state index contributed by atoms with van der Waals surface area (Å²) in [5.41, 5.74) is 7.86. The fourth-order valence-corrected chi connectivity index (χ4v) is 3.33. The van der Waals surface area contributed by atoms with Crippen molar-refractivity contribution in [2.45, 2.75) is 89.6 Å². The van der Waals surface area contributed by atoms with Crippen LogP contribution in [0.15, 0.2) is 103 Å². The molecule has 5 nitrogen and oxygen atoms in total. The molecule has 0 radical (unpaired) electrons. The van der Waals surface area contributed by atoms with Crippen LogP contribution in [0.1, 0.15) is 91.6 Å². The average Bonchev–Trinajstić information content (AvgIpc) is 3.46. The number of rotatable bonds is 7. The van der Waals surface area contributed by atoms with Crippen molar-refractivity contribution in [3.63, 3.8) is 0 Å². The molecule has 0 amide bonds. The van der Waals surface area contributed by atoms with Crippen molar-refractivity contribution >= 4 is 11.4 Å². The van der Waals surface area contributed by atoms with E-state index >= 15 is 0 Å². The summed E-state index contributed by atoms with van der Waals surface area (Å²) >= 11 is 0. The van der Waals surface area contributed by atoms with Gasteiger partial charge in [-0.05, 0) is 88.2 Å². The molecule has 1 aromatic carbocycles. The van der Waals surface area contributed by atoms with Gasteiger partial charge in [0.05, 0.1) is 12.4 Å². The Morgan fingerprint density at radius 2 is 1.67 bits per heavy atom. The molecule has 0 atom stereocenters. The van der Waals surface area contributed by atoms with Gasteiger partial charge in [0, 0.05) is 24.5 Å². The molecule has 0 aliphatic heterocycles. The maximum absolute atomic E-state index is 11.4. The van der Waals surface area contributed by atoms with Crippen molar-refractivity contribution in [2.24, 2.45) is 0 Å². The summed E-state index contributed by atoms with van der Waals surface area (Å²) < 4.78 is 1.86. The number of ketones is 1. The van der Waals surface area contributed by atoms with Gasteiger partial charge in [-0.15, -0.1) is 0 Å². The lowest BCUT2D eigenvalue weighted by Gasteiger charge is -2.16. The van der Waals surface area contributed by atoms with Crippen molar-refractivity contribution in [3.8, 4) is 11.8 Å². The van der Waals surface area contributed by atoms with Crippen LogP contribution in [0, 0.1) is 25.7 Å². The molecule has 0 unspecified atom stereocenters. The van der Waals surface area contributed by atoms with E-state index in [-0.39, 0.29) is 5.78 Å². The van der Waals surface area contributed by atoms with E-state index in [1.807, 2.05) is 84.5 Å². The summed E-state index contributed by atoms with van der Waals surface area (Å²) in [6.07, 6.45) is 16.3. The van der Waals surface area contributed by atoms with Gasteiger partial charge < -0.3 is 4.90 Å². The highest BCUT2D eigenvalue weighted by molar-refractivity contribution is 5.93. The van der Waals surface area contributed by atoms with Crippen LogP contribution in [0.25, 0.3) is 5.65 Å². The lowest BCUT2D eigenvalue weighted by atomic mass is 10.1. The number of nitrogens with zero attached hydrogens (tertiary/aromatic N) is 4. The van der Waals surface area contributed by atoms with Crippen molar-refractivity contribution in [1.82, 2.24) is 19.3 Å². The van der Waals surface area contributed by atoms with E-state index in [1.54, 1.807) is 37.7 Å². The molecule has 3 rings (SSSR count). The van der Waals surface area contributed by atoms with Crippen molar-refractivity contribution < 1.29 is 4.79 Å². The van der Waals surface area contributed by atoms with E-state index in [2.05, 4.69) is 71.9 Å². The third-order valence-electron chi connectivity index (χ3n) is 5.72. The lowest BCUT2D eigenvalue weighted by Crippen LogP contribution is -2.09. The van der Waals surface area contributed by atoms with Gasteiger partial charge in [0.25, 0.3) is 0 Å². The minimum Gasteiger partial charge on any atom is -0.351 e. The van der Waals surface area contributed by atoms with Gasteiger partial charge in [-0.3, -0.25) is 14.2 Å². The standard InChI is InChI=1S/C18H17N3O.C14H19N.3C2H6/c1-5-13(2)16(10-14(3)15(4)22)6-7-17-11-20-18-12-19-8-9-21(17)18;1-5-9-15(6-2)11-14-8-7-12(3)10-13(14)4;3*1-2/h5,8-12H,1H2,2-4H3;5-10H,2,11H2,1,3-4H3;3*1-2H3/b14-10+,16-13-;9-5-;;;. The highest BCUT2D eigenvalue weighted by Crippen LogP contribution is 2.14. The fraction of sp³-hybridized carbons (Fsp3) is 0.342. The molecule has 0 aliphatic rings. The Morgan fingerprint density at radius 3 is 2.21 bits per heavy atom. The van der Waals surface area contributed by atoms with Crippen molar-refractivity contribution in [1.29, 1.82) is 0 Å². The topological polar surface area (TPSA) is 50.5 Å². The van der Waals surface area contributed by atoms with E-state index in [0.29, 0.717) is 5.57 Å². The maximum atomic E-state index is 11.4. The molecule has 2 aromatic heterocycles. The first-order valence-electron chi connectivity index (χ1n) is 15.1. The van der Waals surface area contributed by atoms with E-state index in [4.69, 9.17) is 0 Å². The van der Waals surface area contributed by atoms with Gasteiger partial charge >= 0.3 is 0 Å². The molecule has 0 bridgehead atoms. The highest BCUT2D eigenvalue weighted by atomic mass is 16.1. The van der Waals surface area contributed by atoms with Crippen molar-refractivity contribution in [2.75, 3.05) is 0 Å². The molecular formula is C38H54N4O. The Bertz CT molecular complexity index is 1420. The molecule has 3 aromatic rings. The molecule has 0 saturated carbocycles. The van der Waals surface area contributed by atoms with E-state index in [9.17, 15) is 4.79 Å². The molecule has 0 fully saturated rings. The van der Waals surface area contributed by atoms with Gasteiger partial charge in [0.15, 0.2) is 11.4 Å². The van der Waals surface area contributed by atoms with Gasteiger partial charge in [-0.2, -0.15) is 0 Å². The predicted octanol–water partition coefficient (Wildman–Crippen LogP) is 9.98. The zero-order chi connectivity index (χ0) is 33.4. The lowest BCUT2D eigenvalue weighted by molar-refractivity contribution is -0.113. The summed E-state index contributed by atoms with van der Waals surface area (Å²) in [5.74, 6) is 6.21. The maximum Gasteiger partial charge on any atom is 0.156 e. The fourth-order valence-electron chi connectivity index (χ4n) is 3.33. The number of aryl methyl sites for hydroxylation is 2. The molecule has 5 heteroatoms. The number of carbonyl (C=O) groups excluding carboxylic acids is 1. The molecule has 0 aliphatic carbocycles. The second-order valence-electron chi connectivity index (χ2n) is 8.65. The third-order valence-corrected chi connectivity index (χ3v) is 5.72. The number of allylic oxidation sites excluding steroid dienone is 6. The summed E-state index contributed by atoms with van der Waals surface area (Å²) in [6.45, 7) is 32.0. The van der Waals surface area contributed by atoms with Crippen LogP contribution in [0.5, 0.6) is 0 Å². The van der Waals surface area contributed by atoms with Crippen molar-refractivity contribution in [3.05, 3.63) is 126 Å². The Balaban J connectivity index is 0.